The van der Waals surface area contributed by atoms with Gasteiger partial charge in [-0.2, -0.15) is 0 Å². The molecule has 0 radical (unpaired) electrons. The molecule has 0 aliphatic rings. The smallest absolute Gasteiger partial charge is 0.262 e. The third-order valence-electron chi connectivity index (χ3n) is 4.05. The maximum Gasteiger partial charge on any atom is 0.262 e. The fourth-order valence-corrected chi connectivity index (χ4v) is 3.46. The molecule has 0 aliphatic carbocycles. The lowest BCUT2D eigenvalue weighted by molar-refractivity contribution is -0.113. The van der Waals surface area contributed by atoms with Crippen molar-refractivity contribution in [1.82, 2.24) is 9.55 Å². The summed E-state index contributed by atoms with van der Waals surface area (Å²) < 4.78 is 11.8. The summed E-state index contributed by atoms with van der Waals surface area (Å²) in [4.78, 5) is 29.7. The summed E-state index contributed by atoms with van der Waals surface area (Å²) in [5.41, 5.74) is 1.15. The molecule has 0 unspecified atom stereocenters. The van der Waals surface area contributed by atoms with Crippen LogP contribution in [0, 0.1) is 0 Å². The van der Waals surface area contributed by atoms with Crippen LogP contribution >= 0.6 is 11.8 Å². The Morgan fingerprint density at radius 2 is 1.89 bits per heavy atom. The van der Waals surface area contributed by atoms with Crippen LogP contribution in [0.1, 0.15) is 0 Å². The van der Waals surface area contributed by atoms with Crippen molar-refractivity contribution < 1.29 is 14.3 Å². The molecule has 1 amide bonds. The van der Waals surface area contributed by atoms with Crippen LogP contribution in [0.4, 0.5) is 5.69 Å². The van der Waals surface area contributed by atoms with Crippen LogP contribution in [0.5, 0.6) is 5.75 Å². The number of amides is 1. The van der Waals surface area contributed by atoms with Crippen molar-refractivity contribution in [1.29, 1.82) is 0 Å². The van der Waals surface area contributed by atoms with Gasteiger partial charge in [-0.25, -0.2) is 4.98 Å². The molecule has 3 rings (SSSR count). The highest BCUT2D eigenvalue weighted by Gasteiger charge is 2.13. The molecule has 1 N–H and O–H groups in total. The van der Waals surface area contributed by atoms with Gasteiger partial charge in [0.1, 0.15) is 5.75 Å². The van der Waals surface area contributed by atoms with E-state index in [2.05, 4.69) is 10.3 Å². The van der Waals surface area contributed by atoms with Gasteiger partial charge in [-0.05, 0) is 36.4 Å². The summed E-state index contributed by atoms with van der Waals surface area (Å²) in [5.74, 6) is 0.662. The average molecular weight is 399 g/mol. The quantitative estimate of drug-likeness (QED) is 0.463. The molecule has 0 atom stereocenters. The fraction of sp³-hybridized carbons (Fsp3) is 0.250. The predicted molar refractivity (Wildman–Crippen MR) is 110 cm³/mol. The number of para-hydroxylation sites is 1. The molecule has 1 heterocycles. The van der Waals surface area contributed by atoms with Crippen LogP contribution in [0.3, 0.4) is 0 Å². The molecule has 8 heteroatoms. The Morgan fingerprint density at radius 3 is 2.61 bits per heavy atom. The van der Waals surface area contributed by atoms with Crippen molar-refractivity contribution in [2.45, 2.75) is 11.7 Å². The van der Waals surface area contributed by atoms with Gasteiger partial charge in [-0.1, -0.05) is 23.9 Å². The Balaban J connectivity index is 1.76. The summed E-state index contributed by atoms with van der Waals surface area (Å²) in [5, 5.41) is 3.86. The first kappa shape index (κ1) is 19.9. The number of carbonyl (C=O) groups excluding carboxylic acids is 1. The lowest BCUT2D eigenvalue weighted by atomic mass is 10.2. The fourth-order valence-electron chi connectivity index (χ4n) is 2.64. The molecule has 146 valence electrons. The highest BCUT2D eigenvalue weighted by molar-refractivity contribution is 7.99. The number of nitrogens with zero attached hydrogens (tertiary/aromatic N) is 2. The summed E-state index contributed by atoms with van der Waals surface area (Å²) in [6, 6.07) is 14.3. The van der Waals surface area contributed by atoms with Crippen molar-refractivity contribution >= 4 is 34.3 Å². The Morgan fingerprint density at radius 1 is 1.14 bits per heavy atom. The molecule has 0 bridgehead atoms. The number of nitrogens with one attached hydrogen (secondary N) is 1. The van der Waals surface area contributed by atoms with Gasteiger partial charge in [0.15, 0.2) is 5.16 Å². The Labute approximate surface area is 166 Å². The van der Waals surface area contributed by atoms with Crippen molar-refractivity contribution in [2.24, 2.45) is 0 Å². The van der Waals surface area contributed by atoms with E-state index in [9.17, 15) is 9.59 Å². The molecule has 2 aromatic carbocycles. The van der Waals surface area contributed by atoms with E-state index < -0.39 is 0 Å². The first-order valence-corrected chi connectivity index (χ1v) is 9.66. The van der Waals surface area contributed by atoms with Crippen LogP contribution in [-0.2, 0) is 16.1 Å². The molecule has 0 spiro atoms. The molecular weight excluding hydrogens is 378 g/mol. The van der Waals surface area contributed by atoms with E-state index in [-0.39, 0.29) is 17.2 Å². The van der Waals surface area contributed by atoms with Gasteiger partial charge in [0, 0.05) is 12.8 Å². The lowest BCUT2D eigenvalue weighted by Crippen LogP contribution is -2.26. The maximum absolute atomic E-state index is 12.8. The molecule has 1 aromatic heterocycles. The van der Waals surface area contributed by atoms with E-state index in [4.69, 9.17) is 9.47 Å². The van der Waals surface area contributed by atoms with Gasteiger partial charge in [0.05, 0.1) is 36.9 Å². The van der Waals surface area contributed by atoms with E-state index in [0.717, 1.165) is 5.75 Å². The molecule has 0 fully saturated rings. The third kappa shape index (κ3) is 4.71. The molecule has 0 saturated carbocycles. The number of aromatic nitrogens is 2. The number of thioether (sulfide) groups is 1. The van der Waals surface area contributed by atoms with Gasteiger partial charge >= 0.3 is 0 Å². The van der Waals surface area contributed by atoms with E-state index in [0.29, 0.717) is 34.9 Å². The van der Waals surface area contributed by atoms with Crippen LogP contribution < -0.4 is 15.6 Å². The molecule has 0 aliphatic heterocycles. The molecule has 3 aromatic rings. The van der Waals surface area contributed by atoms with Crippen LogP contribution in [-0.4, -0.2) is 42.0 Å². The summed E-state index contributed by atoms with van der Waals surface area (Å²) in [6.45, 7) is 0.751. The van der Waals surface area contributed by atoms with Crippen molar-refractivity contribution in [3.05, 3.63) is 58.9 Å². The second kappa shape index (κ2) is 9.38. The molecular formula is C20H21N3O4S. The van der Waals surface area contributed by atoms with Gasteiger partial charge in [0.25, 0.3) is 5.56 Å². The highest BCUT2D eigenvalue weighted by atomic mass is 32.2. The van der Waals surface area contributed by atoms with Crippen LogP contribution in [0.15, 0.2) is 58.5 Å². The number of carbonyl (C=O) groups is 1. The Kier molecular flexibility index (Phi) is 6.67. The third-order valence-corrected chi connectivity index (χ3v) is 5.03. The zero-order chi connectivity index (χ0) is 19.9. The minimum absolute atomic E-state index is 0.129. The number of ether oxygens (including phenoxy) is 2. The van der Waals surface area contributed by atoms with Gasteiger partial charge in [-0.15, -0.1) is 0 Å². The normalized spacial score (nSPS) is 10.8. The second-order valence-corrected chi connectivity index (χ2v) is 6.87. The minimum atomic E-state index is -0.184. The summed E-state index contributed by atoms with van der Waals surface area (Å²) >= 11 is 1.22. The number of fused-ring (bicyclic) bond motifs is 1. The zero-order valence-corrected chi connectivity index (χ0v) is 16.5. The SMILES string of the molecule is COCCn1c(SCC(=O)Nc2ccc(OC)cc2)nc2ccccc2c1=O. The zero-order valence-electron chi connectivity index (χ0n) is 15.7. The van der Waals surface area contributed by atoms with E-state index in [1.54, 1.807) is 61.3 Å². The number of anilines is 1. The van der Waals surface area contributed by atoms with Crippen LogP contribution in [0.2, 0.25) is 0 Å². The standard InChI is InChI=1S/C20H21N3O4S/c1-26-12-11-23-19(25)16-5-3-4-6-17(16)22-20(23)28-13-18(24)21-14-7-9-15(27-2)10-8-14/h3-10H,11-13H2,1-2H3,(H,21,24). The Bertz CT molecular complexity index is 1020. The van der Waals surface area contributed by atoms with Gasteiger partial charge in [0.2, 0.25) is 5.91 Å². The monoisotopic (exact) mass is 399 g/mol. The lowest BCUT2D eigenvalue weighted by Gasteiger charge is -2.13. The number of hydrogen-bond donors (Lipinski definition) is 1. The number of hydrogen-bond acceptors (Lipinski definition) is 6. The first-order chi connectivity index (χ1) is 13.6. The van der Waals surface area contributed by atoms with Gasteiger partial charge in [-0.3, -0.25) is 14.2 Å². The first-order valence-electron chi connectivity index (χ1n) is 8.67. The topological polar surface area (TPSA) is 82.4 Å². The second-order valence-electron chi connectivity index (χ2n) is 5.93. The minimum Gasteiger partial charge on any atom is -0.497 e. The van der Waals surface area contributed by atoms with E-state index >= 15 is 0 Å². The number of benzene rings is 2. The van der Waals surface area contributed by atoms with Crippen LogP contribution in [0.25, 0.3) is 10.9 Å². The largest absolute Gasteiger partial charge is 0.497 e. The van der Waals surface area contributed by atoms with Crippen molar-refractivity contribution in [3.8, 4) is 5.75 Å². The summed E-state index contributed by atoms with van der Waals surface area (Å²) in [6.07, 6.45) is 0. The Hall–Kier alpha value is -2.84. The van der Waals surface area contributed by atoms with E-state index in [1.807, 2.05) is 6.07 Å². The van der Waals surface area contributed by atoms with Crippen molar-refractivity contribution in [2.75, 3.05) is 31.9 Å². The van der Waals surface area contributed by atoms with Gasteiger partial charge < -0.3 is 14.8 Å². The van der Waals surface area contributed by atoms with Crippen molar-refractivity contribution in [3.63, 3.8) is 0 Å². The number of methoxy groups -OCH3 is 2. The van der Waals surface area contributed by atoms with E-state index in [1.165, 1.54) is 11.8 Å². The molecule has 0 saturated heterocycles. The molecule has 7 nitrogen and oxygen atoms in total. The molecule has 28 heavy (non-hydrogen) atoms. The number of rotatable bonds is 8. The highest BCUT2D eigenvalue weighted by Crippen LogP contribution is 2.19. The maximum atomic E-state index is 12.8. The predicted octanol–water partition coefficient (Wildman–Crippen LogP) is 2.78. The average Bonchev–Trinajstić information content (AvgIpc) is 2.72. The summed E-state index contributed by atoms with van der Waals surface area (Å²) in [7, 11) is 3.17.